The second kappa shape index (κ2) is 11.3. The predicted octanol–water partition coefficient (Wildman–Crippen LogP) is 3.58. The fourth-order valence-electron chi connectivity index (χ4n) is 3.84. The van der Waals surface area contributed by atoms with E-state index in [2.05, 4.69) is 15.6 Å². The van der Waals surface area contributed by atoms with Crippen molar-refractivity contribution in [3.8, 4) is 17.2 Å². The molecule has 0 saturated carbocycles. The van der Waals surface area contributed by atoms with Gasteiger partial charge in [-0.2, -0.15) is 0 Å². The van der Waals surface area contributed by atoms with E-state index >= 15 is 0 Å². The summed E-state index contributed by atoms with van der Waals surface area (Å²) in [5.74, 6) is 1.90. The highest BCUT2D eigenvalue weighted by molar-refractivity contribution is 5.97. The summed E-state index contributed by atoms with van der Waals surface area (Å²) in [6.45, 7) is 0.260. The second-order valence-electron chi connectivity index (χ2n) is 7.98. The monoisotopic (exact) mass is 488 g/mol. The van der Waals surface area contributed by atoms with Crippen LogP contribution >= 0.6 is 0 Å². The highest BCUT2D eigenvalue weighted by Gasteiger charge is 2.13. The Labute approximate surface area is 209 Å². The lowest BCUT2D eigenvalue weighted by Gasteiger charge is -2.10. The fraction of sp³-hybridized carbons (Fsp3) is 0.222. The predicted molar refractivity (Wildman–Crippen MR) is 137 cm³/mol. The van der Waals surface area contributed by atoms with Gasteiger partial charge in [-0.1, -0.05) is 24.3 Å². The van der Waals surface area contributed by atoms with E-state index in [-0.39, 0.29) is 18.4 Å². The van der Waals surface area contributed by atoms with Gasteiger partial charge in [0, 0.05) is 25.7 Å². The standard InChI is InChI=1S/C27H28N4O5/c1-31-21-13-12-18(29-26(32)17-36-24-11-7-6-10-23(24)35-3)16-20(21)30-25(31)14-15-28-27(33)19-8-4-5-9-22(19)34-2/h4-13,16H,14-15,17H2,1-3H3,(H,28,33)(H,29,32). The molecule has 0 spiro atoms. The van der Waals surface area contributed by atoms with Crippen LogP contribution in [0.15, 0.2) is 66.7 Å². The van der Waals surface area contributed by atoms with Crippen LogP contribution in [0.5, 0.6) is 17.2 Å². The molecule has 1 aromatic heterocycles. The number of benzene rings is 3. The summed E-state index contributed by atoms with van der Waals surface area (Å²) in [5.41, 5.74) is 2.77. The number of fused-ring (bicyclic) bond motifs is 1. The van der Waals surface area contributed by atoms with E-state index in [1.54, 1.807) is 37.4 Å². The summed E-state index contributed by atoms with van der Waals surface area (Å²) in [5, 5.41) is 5.75. The summed E-state index contributed by atoms with van der Waals surface area (Å²) < 4.78 is 18.0. The zero-order chi connectivity index (χ0) is 25.5. The quantitative estimate of drug-likeness (QED) is 0.354. The molecular formula is C27H28N4O5. The van der Waals surface area contributed by atoms with Crippen LogP contribution in [0.3, 0.4) is 0 Å². The van der Waals surface area contributed by atoms with Gasteiger partial charge in [0.2, 0.25) is 0 Å². The van der Waals surface area contributed by atoms with Crippen LogP contribution in [0.4, 0.5) is 5.69 Å². The molecule has 0 radical (unpaired) electrons. The molecule has 0 aliphatic rings. The molecule has 0 unspecified atom stereocenters. The highest BCUT2D eigenvalue weighted by atomic mass is 16.5. The van der Waals surface area contributed by atoms with Crippen LogP contribution in [0, 0.1) is 0 Å². The molecule has 0 bridgehead atoms. The molecule has 2 N–H and O–H groups in total. The van der Waals surface area contributed by atoms with E-state index in [0.717, 1.165) is 16.9 Å². The van der Waals surface area contributed by atoms with Gasteiger partial charge in [0.25, 0.3) is 11.8 Å². The Morgan fingerprint density at radius 3 is 2.36 bits per heavy atom. The van der Waals surface area contributed by atoms with E-state index in [4.69, 9.17) is 14.2 Å². The van der Waals surface area contributed by atoms with Gasteiger partial charge in [-0.15, -0.1) is 0 Å². The van der Waals surface area contributed by atoms with Crippen molar-refractivity contribution in [1.29, 1.82) is 0 Å². The van der Waals surface area contributed by atoms with Crippen molar-refractivity contribution in [3.63, 3.8) is 0 Å². The highest BCUT2D eigenvalue weighted by Crippen LogP contribution is 2.26. The molecule has 9 heteroatoms. The maximum atomic E-state index is 12.5. The molecule has 4 rings (SSSR count). The van der Waals surface area contributed by atoms with Gasteiger partial charge < -0.3 is 29.4 Å². The zero-order valence-electron chi connectivity index (χ0n) is 20.4. The van der Waals surface area contributed by atoms with Crippen molar-refractivity contribution in [2.75, 3.05) is 32.7 Å². The number of nitrogens with zero attached hydrogens (tertiary/aromatic N) is 2. The van der Waals surface area contributed by atoms with Crippen LogP contribution in [-0.4, -0.2) is 48.7 Å². The molecule has 0 fully saturated rings. The first kappa shape index (κ1) is 24.6. The van der Waals surface area contributed by atoms with Gasteiger partial charge in [0.15, 0.2) is 18.1 Å². The zero-order valence-corrected chi connectivity index (χ0v) is 20.4. The molecule has 2 amide bonds. The van der Waals surface area contributed by atoms with E-state index in [1.165, 1.54) is 7.11 Å². The Morgan fingerprint density at radius 1 is 0.917 bits per heavy atom. The van der Waals surface area contributed by atoms with Crippen LogP contribution in [0.25, 0.3) is 11.0 Å². The molecule has 0 saturated heterocycles. The van der Waals surface area contributed by atoms with Crippen molar-refractivity contribution in [1.82, 2.24) is 14.9 Å². The number of hydrogen-bond donors (Lipinski definition) is 2. The van der Waals surface area contributed by atoms with Gasteiger partial charge in [-0.05, 0) is 42.5 Å². The molecule has 186 valence electrons. The molecule has 0 aliphatic heterocycles. The summed E-state index contributed by atoms with van der Waals surface area (Å²) in [4.78, 5) is 29.6. The normalized spacial score (nSPS) is 10.6. The molecule has 36 heavy (non-hydrogen) atoms. The topological polar surface area (TPSA) is 104 Å². The first-order chi connectivity index (χ1) is 17.5. The number of carbonyl (C=O) groups excluding carboxylic acids is 2. The maximum absolute atomic E-state index is 12.5. The molecule has 9 nitrogen and oxygen atoms in total. The van der Waals surface area contributed by atoms with Crippen LogP contribution in [0.2, 0.25) is 0 Å². The summed E-state index contributed by atoms with van der Waals surface area (Å²) >= 11 is 0. The van der Waals surface area contributed by atoms with E-state index in [1.807, 2.05) is 48.0 Å². The molecule has 3 aromatic carbocycles. The lowest BCUT2D eigenvalue weighted by molar-refractivity contribution is -0.118. The average molecular weight is 489 g/mol. The largest absolute Gasteiger partial charge is 0.496 e. The van der Waals surface area contributed by atoms with Crippen LogP contribution < -0.4 is 24.8 Å². The van der Waals surface area contributed by atoms with Crippen molar-refractivity contribution in [2.24, 2.45) is 7.05 Å². The van der Waals surface area contributed by atoms with Gasteiger partial charge in [-0.3, -0.25) is 9.59 Å². The Bertz CT molecular complexity index is 1380. The number of carbonyl (C=O) groups is 2. The third kappa shape index (κ3) is 5.57. The van der Waals surface area contributed by atoms with Gasteiger partial charge in [0.05, 0.1) is 30.8 Å². The van der Waals surface area contributed by atoms with Gasteiger partial charge in [-0.25, -0.2) is 4.98 Å². The number of hydrogen-bond acceptors (Lipinski definition) is 6. The first-order valence-electron chi connectivity index (χ1n) is 11.4. The van der Waals surface area contributed by atoms with Crippen molar-refractivity contribution >= 4 is 28.5 Å². The lowest BCUT2D eigenvalue weighted by Crippen LogP contribution is -2.26. The number of anilines is 1. The Morgan fingerprint density at radius 2 is 1.61 bits per heavy atom. The Kier molecular flexibility index (Phi) is 7.69. The fourth-order valence-corrected chi connectivity index (χ4v) is 3.84. The Balaban J connectivity index is 1.36. The number of aryl methyl sites for hydroxylation is 1. The minimum Gasteiger partial charge on any atom is -0.496 e. The number of imidazole rings is 1. The summed E-state index contributed by atoms with van der Waals surface area (Å²) in [6.07, 6.45) is 0.542. The minimum atomic E-state index is -0.296. The smallest absolute Gasteiger partial charge is 0.262 e. The maximum Gasteiger partial charge on any atom is 0.262 e. The third-order valence-electron chi connectivity index (χ3n) is 5.67. The number of rotatable bonds is 10. The molecule has 0 aliphatic carbocycles. The van der Waals surface area contributed by atoms with Gasteiger partial charge in [0.1, 0.15) is 11.6 Å². The molecule has 1 heterocycles. The number of para-hydroxylation sites is 3. The van der Waals surface area contributed by atoms with Crippen LogP contribution in [0.1, 0.15) is 16.2 Å². The molecule has 0 atom stereocenters. The summed E-state index contributed by atoms with van der Waals surface area (Å²) in [6, 6.07) is 19.8. The number of ether oxygens (including phenoxy) is 3. The molecular weight excluding hydrogens is 460 g/mol. The van der Waals surface area contributed by atoms with E-state index < -0.39 is 0 Å². The Hall–Kier alpha value is -4.53. The van der Waals surface area contributed by atoms with Gasteiger partial charge >= 0.3 is 0 Å². The average Bonchev–Trinajstić information content (AvgIpc) is 3.21. The van der Waals surface area contributed by atoms with E-state index in [9.17, 15) is 9.59 Å². The van der Waals surface area contributed by atoms with Crippen molar-refractivity contribution in [3.05, 3.63) is 78.1 Å². The lowest BCUT2D eigenvalue weighted by atomic mass is 10.2. The van der Waals surface area contributed by atoms with Crippen molar-refractivity contribution < 1.29 is 23.8 Å². The third-order valence-corrected chi connectivity index (χ3v) is 5.67. The number of aromatic nitrogens is 2. The van der Waals surface area contributed by atoms with Crippen molar-refractivity contribution in [2.45, 2.75) is 6.42 Å². The SMILES string of the molecule is COc1ccccc1OCC(=O)Nc1ccc2c(c1)nc(CCNC(=O)c1ccccc1OC)n2C. The second-order valence-corrected chi connectivity index (χ2v) is 7.98. The minimum absolute atomic E-state index is 0.155. The number of methoxy groups -OCH3 is 2. The number of amides is 2. The van der Waals surface area contributed by atoms with E-state index in [0.29, 0.717) is 41.5 Å². The summed E-state index contributed by atoms with van der Waals surface area (Å²) in [7, 11) is 5.01. The van der Waals surface area contributed by atoms with Crippen LogP contribution in [-0.2, 0) is 18.3 Å². The number of nitrogens with one attached hydrogen (secondary N) is 2. The first-order valence-corrected chi connectivity index (χ1v) is 11.4. The molecule has 4 aromatic rings.